The lowest BCUT2D eigenvalue weighted by Crippen LogP contribution is -2.03. The van der Waals surface area contributed by atoms with Gasteiger partial charge in [0.25, 0.3) is 0 Å². The van der Waals surface area contributed by atoms with Crippen LogP contribution in [0.5, 0.6) is 0 Å². The molecule has 0 saturated heterocycles. The number of nitrogens with zero attached hydrogens (tertiary/aromatic N) is 4. The second-order valence-electron chi connectivity index (χ2n) is 4.43. The van der Waals surface area contributed by atoms with Gasteiger partial charge in [-0.25, -0.2) is 0 Å². The summed E-state index contributed by atoms with van der Waals surface area (Å²) in [5.41, 5.74) is 1.13. The van der Waals surface area contributed by atoms with Gasteiger partial charge in [0.2, 0.25) is 5.82 Å². The van der Waals surface area contributed by atoms with Crippen LogP contribution in [-0.4, -0.2) is 20.5 Å². The summed E-state index contributed by atoms with van der Waals surface area (Å²) < 4.78 is 8.19. The quantitative estimate of drug-likeness (QED) is 0.632. The van der Waals surface area contributed by atoms with Crippen molar-refractivity contribution in [2.45, 2.75) is 11.7 Å². The standard InChI is InChI=1S/C15H11BrN4OS/c16-13-7-6-12(21-13)14-18-19-15(22-9-8-17)20(14)10-11-4-2-1-3-5-11/h1-7H,9-10H2. The van der Waals surface area contributed by atoms with Gasteiger partial charge in [-0.05, 0) is 33.6 Å². The minimum absolute atomic E-state index is 0.328. The molecule has 7 heteroatoms. The maximum atomic E-state index is 8.78. The van der Waals surface area contributed by atoms with E-state index in [1.54, 1.807) is 0 Å². The third-order valence-corrected chi connectivity index (χ3v) is 4.22. The summed E-state index contributed by atoms with van der Waals surface area (Å²) in [5, 5.41) is 17.9. The number of thioether (sulfide) groups is 1. The largest absolute Gasteiger partial charge is 0.446 e. The first-order valence-electron chi connectivity index (χ1n) is 6.50. The fourth-order valence-corrected chi connectivity index (χ4v) is 2.92. The lowest BCUT2D eigenvalue weighted by Gasteiger charge is -2.08. The van der Waals surface area contributed by atoms with Crippen molar-refractivity contribution in [1.82, 2.24) is 14.8 Å². The fraction of sp³-hybridized carbons (Fsp3) is 0.133. The Bertz CT molecular complexity index is 807. The fourth-order valence-electron chi connectivity index (χ4n) is 2.02. The first-order valence-corrected chi connectivity index (χ1v) is 8.28. The Balaban J connectivity index is 1.99. The van der Waals surface area contributed by atoms with Gasteiger partial charge >= 0.3 is 0 Å². The molecule has 0 saturated carbocycles. The van der Waals surface area contributed by atoms with Crippen LogP contribution < -0.4 is 0 Å². The van der Waals surface area contributed by atoms with Crippen molar-refractivity contribution in [2.24, 2.45) is 0 Å². The normalized spacial score (nSPS) is 10.5. The topological polar surface area (TPSA) is 67.6 Å². The van der Waals surface area contributed by atoms with Gasteiger partial charge in [0, 0.05) is 0 Å². The number of rotatable bonds is 5. The molecule has 0 N–H and O–H groups in total. The van der Waals surface area contributed by atoms with E-state index in [9.17, 15) is 0 Å². The van der Waals surface area contributed by atoms with Gasteiger partial charge in [-0.15, -0.1) is 10.2 Å². The molecular weight excluding hydrogens is 364 g/mol. The Morgan fingerprint density at radius 2 is 2.00 bits per heavy atom. The van der Waals surface area contributed by atoms with Crippen LogP contribution in [-0.2, 0) is 6.54 Å². The second-order valence-corrected chi connectivity index (χ2v) is 6.15. The Kier molecular flexibility index (Phi) is 4.61. The summed E-state index contributed by atoms with van der Waals surface area (Å²) in [4.78, 5) is 0. The third kappa shape index (κ3) is 3.24. The number of aromatic nitrogens is 3. The number of hydrogen-bond donors (Lipinski definition) is 0. The van der Waals surface area contributed by atoms with E-state index in [2.05, 4.69) is 32.2 Å². The molecule has 1 aromatic carbocycles. The number of hydrogen-bond acceptors (Lipinski definition) is 5. The summed E-state index contributed by atoms with van der Waals surface area (Å²) in [6.45, 7) is 0.620. The maximum Gasteiger partial charge on any atom is 0.200 e. The average molecular weight is 375 g/mol. The Morgan fingerprint density at radius 1 is 1.18 bits per heavy atom. The van der Waals surface area contributed by atoms with E-state index >= 15 is 0 Å². The molecule has 0 spiro atoms. The summed E-state index contributed by atoms with van der Waals surface area (Å²) >= 11 is 4.66. The predicted octanol–water partition coefficient (Wildman–Crippen LogP) is 3.96. The van der Waals surface area contributed by atoms with E-state index in [1.807, 2.05) is 47.0 Å². The zero-order chi connectivity index (χ0) is 15.4. The average Bonchev–Trinajstić information content (AvgIpc) is 3.13. The maximum absolute atomic E-state index is 8.78. The number of halogens is 1. The van der Waals surface area contributed by atoms with Crippen LogP contribution in [0.25, 0.3) is 11.6 Å². The van der Waals surface area contributed by atoms with Crippen LogP contribution >= 0.6 is 27.7 Å². The van der Waals surface area contributed by atoms with Crippen molar-refractivity contribution in [2.75, 3.05) is 5.75 Å². The number of nitriles is 1. The highest BCUT2D eigenvalue weighted by Gasteiger charge is 2.17. The van der Waals surface area contributed by atoms with Crippen LogP contribution in [0, 0.1) is 11.3 Å². The lowest BCUT2D eigenvalue weighted by atomic mass is 10.2. The summed E-state index contributed by atoms with van der Waals surface area (Å²) in [7, 11) is 0. The molecule has 0 bridgehead atoms. The highest BCUT2D eigenvalue weighted by atomic mass is 79.9. The molecule has 0 aliphatic rings. The molecule has 110 valence electrons. The Morgan fingerprint density at radius 3 is 2.68 bits per heavy atom. The Labute approximate surface area is 140 Å². The van der Waals surface area contributed by atoms with Gasteiger partial charge in [0.1, 0.15) is 0 Å². The van der Waals surface area contributed by atoms with Gasteiger partial charge in [-0.1, -0.05) is 42.1 Å². The van der Waals surface area contributed by atoms with Crippen molar-refractivity contribution in [3.05, 3.63) is 52.7 Å². The Hall–Kier alpha value is -2.04. The highest BCUT2D eigenvalue weighted by molar-refractivity contribution is 9.10. The van der Waals surface area contributed by atoms with E-state index in [1.165, 1.54) is 11.8 Å². The zero-order valence-corrected chi connectivity index (χ0v) is 13.8. The smallest absolute Gasteiger partial charge is 0.200 e. The van der Waals surface area contributed by atoms with Crippen LogP contribution in [0.4, 0.5) is 0 Å². The molecule has 0 radical (unpaired) electrons. The SMILES string of the molecule is N#CCSc1nnc(-c2ccc(Br)o2)n1Cc1ccccc1. The first kappa shape index (κ1) is 14.9. The molecular formula is C15H11BrN4OS. The number of benzene rings is 1. The van der Waals surface area contributed by atoms with E-state index < -0.39 is 0 Å². The molecule has 2 aromatic heterocycles. The summed E-state index contributed by atoms with van der Waals surface area (Å²) in [6, 6.07) is 15.8. The van der Waals surface area contributed by atoms with Crippen molar-refractivity contribution >= 4 is 27.7 Å². The van der Waals surface area contributed by atoms with Crippen LogP contribution in [0.2, 0.25) is 0 Å². The van der Waals surface area contributed by atoms with Crippen LogP contribution in [0.15, 0.2) is 56.7 Å². The van der Waals surface area contributed by atoms with Crippen molar-refractivity contribution in [1.29, 1.82) is 5.26 Å². The summed E-state index contributed by atoms with van der Waals surface area (Å²) in [6.07, 6.45) is 0. The van der Waals surface area contributed by atoms with E-state index in [4.69, 9.17) is 9.68 Å². The predicted molar refractivity (Wildman–Crippen MR) is 87.3 cm³/mol. The molecule has 5 nitrogen and oxygen atoms in total. The monoisotopic (exact) mass is 374 g/mol. The highest BCUT2D eigenvalue weighted by Crippen LogP contribution is 2.27. The molecule has 0 unspecified atom stereocenters. The molecule has 3 aromatic rings. The second kappa shape index (κ2) is 6.81. The van der Waals surface area contributed by atoms with Crippen LogP contribution in [0.3, 0.4) is 0 Å². The van der Waals surface area contributed by atoms with Gasteiger partial charge in [0.05, 0.1) is 18.4 Å². The zero-order valence-electron chi connectivity index (χ0n) is 11.4. The van der Waals surface area contributed by atoms with Crippen molar-refractivity contribution in [3.8, 4) is 17.7 Å². The summed E-state index contributed by atoms with van der Waals surface area (Å²) in [5.74, 6) is 1.61. The molecule has 0 aliphatic heterocycles. The molecule has 2 heterocycles. The van der Waals surface area contributed by atoms with Crippen molar-refractivity contribution in [3.63, 3.8) is 0 Å². The van der Waals surface area contributed by atoms with Gasteiger partial charge < -0.3 is 4.42 Å². The molecule has 0 amide bonds. The molecule has 0 atom stereocenters. The minimum atomic E-state index is 0.328. The molecule has 0 fully saturated rings. The third-order valence-electron chi connectivity index (χ3n) is 2.96. The first-order chi connectivity index (χ1) is 10.8. The van der Waals surface area contributed by atoms with E-state index in [-0.39, 0.29) is 0 Å². The molecule has 22 heavy (non-hydrogen) atoms. The van der Waals surface area contributed by atoms with Gasteiger partial charge in [0.15, 0.2) is 15.6 Å². The number of furan rings is 1. The van der Waals surface area contributed by atoms with Crippen LogP contribution in [0.1, 0.15) is 5.56 Å². The van der Waals surface area contributed by atoms with E-state index in [0.29, 0.717) is 33.7 Å². The lowest BCUT2D eigenvalue weighted by molar-refractivity contribution is 0.545. The van der Waals surface area contributed by atoms with Gasteiger partial charge in [-0.3, -0.25) is 4.57 Å². The molecule has 0 aliphatic carbocycles. The van der Waals surface area contributed by atoms with Gasteiger partial charge in [-0.2, -0.15) is 5.26 Å². The molecule has 3 rings (SSSR count). The van der Waals surface area contributed by atoms with E-state index in [0.717, 1.165) is 5.56 Å². The minimum Gasteiger partial charge on any atom is -0.446 e. The van der Waals surface area contributed by atoms with Crippen molar-refractivity contribution < 1.29 is 4.42 Å².